The van der Waals surface area contributed by atoms with Crippen molar-refractivity contribution in [1.82, 2.24) is 4.90 Å². The molecule has 32 heavy (non-hydrogen) atoms. The standard InChI is InChI=1S/C26H23ClFNO3/c1-31-23-15-19-12-13-29(25(30)11-9-17-8-10-22(28)21(27)14-17)26(18-6-4-3-5-7-18)20(19)16-24(23)32-2/h3-11,14-16,26H,12-13H2,1-2H3/b11-9+. The number of fused-ring (bicyclic) bond motifs is 1. The van der Waals surface area contributed by atoms with Crippen molar-refractivity contribution in [3.63, 3.8) is 0 Å². The van der Waals surface area contributed by atoms with Crippen molar-refractivity contribution in [1.29, 1.82) is 0 Å². The van der Waals surface area contributed by atoms with Gasteiger partial charge in [-0.15, -0.1) is 0 Å². The first kappa shape index (κ1) is 21.9. The number of carbonyl (C=O) groups is 1. The maximum absolute atomic E-state index is 13.4. The Morgan fingerprint density at radius 1 is 1.06 bits per heavy atom. The van der Waals surface area contributed by atoms with Gasteiger partial charge in [0.05, 0.1) is 25.3 Å². The summed E-state index contributed by atoms with van der Waals surface area (Å²) in [5.41, 5.74) is 3.79. The van der Waals surface area contributed by atoms with E-state index < -0.39 is 5.82 Å². The molecule has 1 unspecified atom stereocenters. The largest absolute Gasteiger partial charge is 0.493 e. The molecular weight excluding hydrogens is 429 g/mol. The Labute approximate surface area is 191 Å². The predicted molar refractivity (Wildman–Crippen MR) is 124 cm³/mol. The Bertz CT molecular complexity index is 1160. The number of carbonyl (C=O) groups excluding carboxylic acids is 1. The average molecular weight is 452 g/mol. The maximum atomic E-state index is 13.4. The summed E-state index contributed by atoms with van der Waals surface area (Å²) in [5.74, 6) is 0.667. The lowest BCUT2D eigenvalue weighted by Crippen LogP contribution is -2.39. The zero-order chi connectivity index (χ0) is 22.7. The fourth-order valence-corrected chi connectivity index (χ4v) is 4.25. The number of nitrogens with zero attached hydrogens (tertiary/aromatic N) is 1. The van der Waals surface area contributed by atoms with Crippen LogP contribution in [0.1, 0.15) is 28.3 Å². The van der Waals surface area contributed by atoms with Gasteiger partial charge in [-0.25, -0.2) is 4.39 Å². The van der Waals surface area contributed by atoms with Crippen LogP contribution < -0.4 is 9.47 Å². The number of benzene rings is 3. The van der Waals surface area contributed by atoms with Crippen LogP contribution in [0.5, 0.6) is 11.5 Å². The fraction of sp³-hybridized carbons (Fsp3) is 0.192. The Hall–Kier alpha value is -3.31. The first-order chi connectivity index (χ1) is 15.5. The van der Waals surface area contributed by atoms with Crippen molar-refractivity contribution in [2.24, 2.45) is 0 Å². The molecule has 0 aliphatic carbocycles. The zero-order valence-electron chi connectivity index (χ0n) is 17.8. The van der Waals surface area contributed by atoms with E-state index in [-0.39, 0.29) is 17.0 Å². The SMILES string of the molecule is COc1cc2c(cc1OC)C(c1ccccc1)N(C(=O)/C=C/c1ccc(F)c(Cl)c1)CC2. The second kappa shape index (κ2) is 9.45. The fourth-order valence-electron chi connectivity index (χ4n) is 4.06. The number of methoxy groups -OCH3 is 2. The van der Waals surface area contributed by atoms with Crippen molar-refractivity contribution in [3.8, 4) is 11.5 Å². The Kier molecular flexibility index (Phi) is 6.47. The molecule has 1 aliphatic heterocycles. The van der Waals surface area contributed by atoms with Crippen LogP contribution in [-0.2, 0) is 11.2 Å². The van der Waals surface area contributed by atoms with E-state index in [0.717, 1.165) is 16.7 Å². The Morgan fingerprint density at radius 3 is 2.47 bits per heavy atom. The molecule has 6 heteroatoms. The summed E-state index contributed by atoms with van der Waals surface area (Å²) >= 11 is 5.86. The van der Waals surface area contributed by atoms with E-state index in [0.29, 0.717) is 30.0 Å². The molecule has 4 nitrogen and oxygen atoms in total. The minimum atomic E-state index is -0.490. The number of hydrogen-bond acceptors (Lipinski definition) is 3. The lowest BCUT2D eigenvalue weighted by Gasteiger charge is -2.37. The average Bonchev–Trinajstić information content (AvgIpc) is 2.83. The van der Waals surface area contributed by atoms with Crippen LogP contribution in [0, 0.1) is 5.82 Å². The van der Waals surface area contributed by atoms with E-state index in [9.17, 15) is 9.18 Å². The van der Waals surface area contributed by atoms with E-state index in [1.54, 1.807) is 26.4 Å². The summed E-state index contributed by atoms with van der Waals surface area (Å²) in [4.78, 5) is 15.1. The van der Waals surface area contributed by atoms with Gasteiger partial charge in [0.25, 0.3) is 0 Å². The summed E-state index contributed by atoms with van der Waals surface area (Å²) in [5, 5.41) is 0.0229. The van der Waals surface area contributed by atoms with Crippen LogP contribution in [0.4, 0.5) is 4.39 Å². The normalized spacial score (nSPS) is 15.5. The molecule has 0 spiro atoms. The second-order valence-corrected chi connectivity index (χ2v) is 7.91. The molecule has 0 saturated heterocycles. The Balaban J connectivity index is 1.72. The highest BCUT2D eigenvalue weighted by atomic mass is 35.5. The van der Waals surface area contributed by atoms with Gasteiger partial charge in [-0.2, -0.15) is 0 Å². The Morgan fingerprint density at radius 2 is 1.78 bits per heavy atom. The molecule has 1 amide bonds. The number of hydrogen-bond donors (Lipinski definition) is 0. The van der Waals surface area contributed by atoms with Crippen molar-refractivity contribution >= 4 is 23.6 Å². The molecule has 3 aromatic carbocycles. The number of halogens is 2. The molecule has 3 aromatic rings. The highest BCUT2D eigenvalue weighted by Gasteiger charge is 2.32. The van der Waals surface area contributed by atoms with E-state index in [4.69, 9.17) is 21.1 Å². The summed E-state index contributed by atoms with van der Waals surface area (Å²) < 4.78 is 24.4. The van der Waals surface area contributed by atoms with Gasteiger partial charge in [0.2, 0.25) is 5.91 Å². The summed E-state index contributed by atoms with van der Waals surface area (Å²) in [6.45, 7) is 0.551. The minimum Gasteiger partial charge on any atom is -0.493 e. The third-order valence-corrected chi connectivity index (χ3v) is 5.92. The topological polar surface area (TPSA) is 38.8 Å². The maximum Gasteiger partial charge on any atom is 0.247 e. The molecule has 0 radical (unpaired) electrons. The molecule has 1 aliphatic rings. The van der Waals surface area contributed by atoms with Crippen molar-refractivity contribution < 1.29 is 18.7 Å². The van der Waals surface area contributed by atoms with Crippen LogP contribution in [-0.4, -0.2) is 31.6 Å². The third kappa shape index (κ3) is 4.34. The first-order valence-electron chi connectivity index (χ1n) is 10.2. The number of amides is 1. The van der Waals surface area contributed by atoms with E-state index in [1.165, 1.54) is 18.2 Å². The summed E-state index contributed by atoms with van der Waals surface area (Å²) in [6, 6.07) is 17.9. The van der Waals surface area contributed by atoms with Crippen LogP contribution in [0.15, 0.2) is 66.7 Å². The monoisotopic (exact) mass is 451 g/mol. The van der Waals surface area contributed by atoms with Crippen molar-refractivity contribution in [2.75, 3.05) is 20.8 Å². The second-order valence-electron chi connectivity index (χ2n) is 7.51. The molecule has 1 atom stereocenters. The molecule has 0 aromatic heterocycles. The quantitative estimate of drug-likeness (QED) is 0.468. The molecule has 0 saturated carbocycles. The molecule has 1 heterocycles. The zero-order valence-corrected chi connectivity index (χ0v) is 18.6. The number of ether oxygens (including phenoxy) is 2. The van der Waals surface area contributed by atoms with Gasteiger partial charge in [-0.05, 0) is 59.0 Å². The van der Waals surface area contributed by atoms with Gasteiger partial charge in [0, 0.05) is 12.6 Å². The van der Waals surface area contributed by atoms with Crippen LogP contribution in [0.25, 0.3) is 6.08 Å². The highest BCUT2D eigenvalue weighted by molar-refractivity contribution is 6.30. The van der Waals surface area contributed by atoms with Gasteiger partial charge >= 0.3 is 0 Å². The summed E-state index contributed by atoms with van der Waals surface area (Å²) in [6.07, 6.45) is 3.85. The lowest BCUT2D eigenvalue weighted by molar-refractivity contribution is -0.127. The van der Waals surface area contributed by atoms with Gasteiger partial charge in [-0.1, -0.05) is 48.0 Å². The van der Waals surface area contributed by atoms with Gasteiger partial charge in [-0.3, -0.25) is 4.79 Å². The van der Waals surface area contributed by atoms with Crippen molar-refractivity contribution in [3.05, 3.63) is 99.8 Å². The molecular formula is C26H23ClFNO3. The van der Waals surface area contributed by atoms with Crippen molar-refractivity contribution in [2.45, 2.75) is 12.5 Å². The van der Waals surface area contributed by atoms with E-state index >= 15 is 0 Å². The molecule has 0 bridgehead atoms. The van der Waals surface area contributed by atoms with Crippen LogP contribution >= 0.6 is 11.6 Å². The lowest BCUT2D eigenvalue weighted by atomic mass is 9.87. The summed E-state index contributed by atoms with van der Waals surface area (Å²) in [7, 11) is 3.22. The molecule has 4 rings (SSSR count). The predicted octanol–water partition coefficient (Wildman–Crippen LogP) is 5.68. The smallest absolute Gasteiger partial charge is 0.247 e. The third-order valence-electron chi connectivity index (χ3n) is 5.63. The van der Waals surface area contributed by atoms with E-state index in [2.05, 4.69) is 0 Å². The van der Waals surface area contributed by atoms with Crippen LogP contribution in [0.3, 0.4) is 0 Å². The van der Waals surface area contributed by atoms with Gasteiger partial charge in [0.1, 0.15) is 5.82 Å². The van der Waals surface area contributed by atoms with E-state index in [1.807, 2.05) is 47.4 Å². The van der Waals surface area contributed by atoms with Crippen LogP contribution in [0.2, 0.25) is 5.02 Å². The highest BCUT2D eigenvalue weighted by Crippen LogP contribution is 2.41. The minimum absolute atomic E-state index is 0.0229. The molecule has 0 N–H and O–H groups in total. The van der Waals surface area contributed by atoms with Gasteiger partial charge < -0.3 is 14.4 Å². The first-order valence-corrected chi connectivity index (χ1v) is 10.6. The number of rotatable bonds is 5. The van der Waals surface area contributed by atoms with Gasteiger partial charge in [0.15, 0.2) is 11.5 Å². The molecule has 164 valence electrons. The molecule has 0 fully saturated rings.